The predicted molar refractivity (Wildman–Crippen MR) is 123 cm³/mol. The molecule has 0 spiro atoms. The van der Waals surface area contributed by atoms with Gasteiger partial charge in [0.05, 0.1) is 12.2 Å². The SMILES string of the molecule is CC1=Nc2ccnn2C(c2ccc(C)cc2)C1C(=O)N1CCN(c2ccc(F)cc2)CC1. The lowest BCUT2D eigenvalue weighted by molar-refractivity contribution is -0.134. The van der Waals surface area contributed by atoms with Gasteiger partial charge in [0.1, 0.15) is 11.7 Å². The first-order chi connectivity index (χ1) is 15.5. The van der Waals surface area contributed by atoms with Crippen LogP contribution in [0.15, 0.2) is 65.8 Å². The Kier molecular flexibility index (Phi) is 5.25. The average Bonchev–Trinajstić information content (AvgIpc) is 3.27. The number of nitrogens with zero attached hydrogens (tertiary/aromatic N) is 5. The van der Waals surface area contributed by atoms with Crippen LogP contribution in [-0.2, 0) is 4.79 Å². The predicted octanol–water partition coefficient (Wildman–Crippen LogP) is 3.99. The fourth-order valence-electron chi connectivity index (χ4n) is 4.67. The van der Waals surface area contributed by atoms with Crippen LogP contribution in [0.1, 0.15) is 24.1 Å². The first-order valence-corrected chi connectivity index (χ1v) is 11.0. The number of amides is 1. The number of aliphatic imine (C=N–C) groups is 1. The minimum atomic E-state index is -0.400. The first-order valence-electron chi connectivity index (χ1n) is 11.0. The van der Waals surface area contributed by atoms with Crippen LogP contribution in [0.25, 0.3) is 0 Å². The third kappa shape index (κ3) is 3.68. The molecule has 32 heavy (non-hydrogen) atoms. The van der Waals surface area contributed by atoms with E-state index in [1.165, 1.54) is 17.7 Å². The van der Waals surface area contributed by atoms with E-state index in [-0.39, 0.29) is 17.8 Å². The molecule has 3 aromatic rings. The summed E-state index contributed by atoms with van der Waals surface area (Å²) >= 11 is 0. The molecule has 1 fully saturated rings. The largest absolute Gasteiger partial charge is 0.368 e. The minimum Gasteiger partial charge on any atom is -0.368 e. The van der Waals surface area contributed by atoms with Crippen molar-refractivity contribution in [2.45, 2.75) is 19.9 Å². The van der Waals surface area contributed by atoms with Gasteiger partial charge in [-0.2, -0.15) is 5.10 Å². The number of hydrogen-bond donors (Lipinski definition) is 0. The Labute approximate surface area is 187 Å². The highest BCUT2D eigenvalue weighted by Gasteiger charge is 2.40. The van der Waals surface area contributed by atoms with E-state index in [2.05, 4.69) is 41.2 Å². The van der Waals surface area contributed by atoms with Gasteiger partial charge in [-0.3, -0.25) is 4.79 Å². The molecule has 0 saturated carbocycles. The van der Waals surface area contributed by atoms with Gasteiger partial charge in [0.25, 0.3) is 0 Å². The number of hydrogen-bond acceptors (Lipinski definition) is 4. The van der Waals surface area contributed by atoms with E-state index in [9.17, 15) is 9.18 Å². The smallest absolute Gasteiger partial charge is 0.234 e. The molecule has 7 heteroatoms. The number of anilines is 1. The Morgan fingerprint density at radius 1 is 0.938 bits per heavy atom. The van der Waals surface area contributed by atoms with Gasteiger partial charge >= 0.3 is 0 Å². The number of aryl methyl sites for hydroxylation is 1. The van der Waals surface area contributed by atoms with Gasteiger partial charge in [-0.05, 0) is 43.7 Å². The number of carbonyl (C=O) groups excluding carboxylic acids is 1. The van der Waals surface area contributed by atoms with E-state index in [1.54, 1.807) is 18.3 Å². The Balaban J connectivity index is 1.39. The Morgan fingerprint density at radius 2 is 1.62 bits per heavy atom. The first kappa shape index (κ1) is 20.4. The lowest BCUT2D eigenvalue weighted by atomic mass is 9.86. The molecule has 2 unspecified atom stereocenters. The summed E-state index contributed by atoms with van der Waals surface area (Å²) in [4.78, 5) is 22.6. The molecule has 1 saturated heterocycles. The van der Waals surface area contributed by atoms with Gasteiger partial charge in [-0.15, -0.1) is 0 Å². The Morgan fingerprint density at radius 3 is 2.31 bits per heavy atom. The lowest BCUT2D eigenvalue weighted by Gasteiger charge is -2.40. The fraction of sp³-hybridized carbons (Fsp3) is 0.320. The van der Waals surface area contributed by atoms with Crippen LogP contribution in [-0.4, -0.2) is 52.5 Å². The van der Waals surface area contributed by atoms with Crippen LogP contribution in [0.4, 0.5) is 15.9 Å². The molecule has 2 aromatic carbocycles. The highest BCUT2D eigenvalue weighted by atomic mass is 19.1. The molecule has 164 valence electrons. The number of carbonyl (C=O) groups is 1. The molecule has 2 aliphatic heterocycles. The number of aromatic nitrogens is 2. The Bertz CT molecular complexity index is 1140. The molecule has 0 aliphatic carbocycles. The average molecular weight is 432 g/mol. The van der Waals surface area contributed by atoms with Crippen LogP contribution in [0.5, 0.6) is 0 Å². The van der Waals surface area contributed by atoms with Crippen molar-refractivity contribution in [2.75, 3.05) is 31.1 Å². The highest BCUT2D eigenvalue weighted by Crippen LogP contribution is 2.37. The minimum absolute atomic E-state index is 0.0803. The summed E-state index contributed by atoms with van der Waals surface area (Å²) < 4.78 is 15.1. The second-order valence-electron chi connectivity index (χ2n) is 8.51. The van der Waals surface area contributed by atoms with Crippen molar-refractivity contribution in [3.8, 4) is 0 Å². The van der Waals surface area contributed by atoms with Crippen LogP contribution < -0.4 is 4.90 Å². The summed E-state index contributed by atoms with van der Waals surface area (Å²) in [6.45, 7) is 6.65. The van der Waals surface area contributed by atoms with Crippen LogP contribution in [0.3, 0.4) is 0 Å². The van der Waals surface area contributed by atoms with E-state index < -0.39 is 5.92 Å². The maximum atomic E-state index is 13.8. The summed E-state index contributed by atoms with van der Waals surface area (Å²) in [5, 5.41) is 4.51. The van der Waals surface area contributed by atoms with E-state index in [4.69, 9.17) is 4.99 Å². The van der Waals surface area contributed by atoms with E-state index in [0.29, 0.717) is 26.2 Å². The molecular weight excluding hydrogens is 405 g/mol. The monoisotopic (exact) mass is 431 g/mol. The van der Waals surface area contributed by atoms with Crippen molar-refractivity contribution >= 4 is 23.1 Å². The van der Waals surface area contributed by atoms with Gasteiger partial charge < -0.3 is 9.80 Å². The van der Waals surface area contributed by atoms with Crippen molar-refractivity contribution in [2.24, 2.45) is 10.9 Å². The third-order valence-corrected chi connectivity index (χ3v) is 6.44. The van der Waals surface area contributed by atoms with Crippen LogP contribution in [0.2, 0.25) is 0 Å². The molecule has 3 heterocycles. The fourth-order valence-corrected chi connectivity index (χ4v) is 4.67. The molecule has 1 amide bonds. The summed E-state index contributed by atoms with van der Waals surface area (Å²) in [5.74, 6) is 0.215. The summed E-state index contributed by atoms with van der Waals surface area (Å²) in [6, 6.07) is 16.5. The number of piperazine rings is 1. The summed E-state index contributed by atoms with van der Waals surface area (Å²) in [6.07, 6.45) is 1.74. The van der Waals surface area contributed by atoms with Crippen LogP contribution in [0, 0.1) is 18.7 Å². The summed E-state index contributed by atoms with van der Waals surface area (Å²) in [5.41, 5.74) is 4.02. The zero-order valence-corrected chi connectivity index (χ0v) is 18.3. The zero-order valence-electron chi connectivity index (χ0n) is 18.3. The van der Waals surface area contributed by atoms with Gasteiger partial charge in [-0.25, -0.2) is 14.1 Å². The van der Waals surface area contributed by atoms with Gasteiger partial charge in [0, 0.05) is 43.6 Å². The molecule has 2 atom stereocenters. The zero-order chi connectivity index (χ0) is 22.2. The van der Waals surface area contributed by atoms with E-state index in [0.717, 1.165) is 22.8 Å². The molecule has 0 bridgehead atoms. The van der Waals surface area contributed by atoms with Crippen LogP contribution >= 0.6 is 0 Å². The second kappa shape index (κ2) is 8.22. The van der Waals surface area contributed by atoms with Crippen molar-refractivity contribution in [3.63, 3.8) is 0 Å². The molecule has 0 radical (unpaired) electrons. The number of rotatable bonds is 3. The topological polar surface area (TPSA) is 53.7 Å². The molecule has 6 nitrogen and oxygen atoms in total. The van der Waals surface area contributed by atoms with Crippen molar-refractivity contribution in [3.05, 3.63) is 77.7 Å². The summed E-state index contributed by atoms with van der Waals surface area (Å²) in [7, 11) is 0. The Hall–Kier alpha value is -3.48. The van der Waals surface area contributed by atoms with Crippen molar-refractivity contribution in [1.29, 1.82) is 0 Å². The number of benzene rings is 2. The van der Waals surface area contributed by atoms with Gasteiger partial charge in [0.15, 0.2) is 5.82 Å². The third-order valence-electron chi connectivity index (χ3n) is 6.44. The van der Waals surface area contributed by atoms with Gasteiger partial charge in [0.2, 0.25) is 5.91 Å². The quantitative estimate of drug-likeness (QED) is 0.630. The van der Waals surface area contributed by atoms with Gasteiger partial charge in [-0.1, -0.05) is 29.8 Å². The van der Waals surface area contributed by atoms with E-state index in [1.807, 2.05) is 22.6 Å². The highest BCUT2D eigenvalue weighted by molar-refractivity contribution is 6.05. The molecule has 5 rings (SSSR count). The van der Waals surface area contributed by atoms with E-state index >= 15 is 0 Å². The standard InChI is InChI=1S/C25H26FN5O/c1-17-3-5-19(6-4-17)24-23(18(2)28-22-11-12-27-31(22)24)25(32)30-15-13-29(14-16-30)21-9-7-20(26)8-10-21/h3-12,23-24H,13-16H2,1-2H3. The maximum absolute atomic E-state index is 13.8. The molecule has 2 aliphatic rings. The molecular formula is C25H26FN5O. The maximum Gasteiger partial charge on any atom is 0.234 e. The van der Waals surface area contributed by atoms with Crippen molar-refractivity contribution < 1.29 is 9.18 Å². The number of halogens is 1. The number of fused-ring (bicyclic) bond motifs is 1. The second-order valence-corrected chi connectivity index (χ2v) is 8.51. The van der Waals surface area contributed by atoms with Crippen molar-refractivity contribution in [1.82, 2.24) is 14.7 Å². The molecule has 1 aromatic heterocycles. The molecule has 0 N–H and O–H groups in total. The lowest BCUT2D eigenvalue weighted by Crippen LogP contribution is -2.53. The normalized spacial score (nSPS) is 20.7.